The van der Waals surface area contributed by atoms with Gasteiger partial charge in [-0.05, 0) is 49.8 Å². The SMILES string of the molecule is ClC1CCC(CNCc2cccc3cccnc23)CC1. The second-order valence-electron chi connectivity index (χ2n) is 5.74. The Morgan fingerprint density at radius 2 is 1.90 bits per heavy atom. The number of nitrogens with zero attached hydrogens (tertiary/aromatic N) is 1. The van der Waals surface area contributed by atoms with E-state index < -0.39 is 0 Å². The number of benzene rings is 1. The summed E-state index contributed by atoms with van der Waals surface area (Å²) in [5.74, 6) is 0.785. The third-order valence-corrected chi connectivity index (χ3v) is 4.68. The van der Waals surface area contributed by atoms with Crippen LogP contribution in [0.1, 0.15) is 31.2 Å². The average Bonchev–Trinajstić information content (AvgIpc) is 2.49. The first-order chi connectivity index (χ1) is 9.83. The van der Waals surface area contributed by atoms with Crippen LogP contribution in [0.25, 0.3) is 10.9 Å². The molecule has 0 bridgehead atoms. The maximum atomic E-state index is 6.15. The molecule has 1 aliphatic carbocycles. The minimum Gasteiger partial charge on any atom is -0.312 e. The highest BCUT2D eigenvalue weighted by molar-refractivity contribution is 6.20. The number of aromatic nitrogens is 1. The standard InChI is InChI=1S/C17H21ClN2/c18-16-8-6-13(7-9-16)11-19-12-15-4-1-3-14-5-2-10-20-17(14)15/h1-5,10,13,16,19H,6-9,11-12H2. The van der Waals surface area contributed by atoms with Crippen molar-refractivity contribution in [3.05, 3.63) is 42.1 Å². The van der Waals surface area contributed by atoms with Gasteiger partial charge in [0.15, 0.2) is 0 Å². The van der Waals surface area contributed by atoms with Crippen molar-refractivity contribution >= 4 is 22.5 Å². The van der Waals surface area contributed by atoms with Gasteiger partial charge in [-0.1, -0.05) is 24.3 Å². The molecule has 1 fully saturated rings. The van der Waals surface area contributed by atoms with E-state index in [1.807, 2.05) is 12.3 Å². The summed E-state index contributed by atoms with van der Waals surface area (Å²) >= 11 is 6.15. The maximum absolute atomic E-state index is 6.15. The zero-order chi connectivity index (χ0) is 13.8. The first-order valence-electron chi connectivity index (χ1n) is 7.50. The third kappa shape index (κ3) is 3.31. The summed E-state index contributed by atoms with van der Waals surface area (Å²) in [4.78, 5) is 4.50. The molecule has 0 atom stereocenters. The average molecular weight is 289 g/mol. The van der Waals surface area contributed by atoms with Crippen molar-refractivity contribution in [2.24, 2.45) is 5.92 Å². The number of fused-ring (bicyclic) bond motifs is 1. The van der Waals surface area contributed by atoms with Gasteiger partial charge < -0.3 is 5.32 Å². The van der Waals surface area contributed by atoms with Crippen LogP contribution in [-0.4, -0.2) is 16.9 Å². The summed E-state index contributed by atoms with van der Waals surface area (Å²) in [6.07, 6.45) is 6.73. The lowest BCUT2D eigenvalue weighted by Crippen LogP contribution is -2.26. The minimum absolute atomic E-state index is 0.411. The minimum atomic E-state index is 0.411. The Hall–Kier alpha value is -1.12. The summed E-state index contributed by atoms with van der Waals surface area (Å²) in [7, 11) is 0. The first kappa shape index (κ1) is 13.8. The molecule has 0 unspecified atom stereocenters. The normalized spacial score (nSPS) is 23.1. The van der Waals surface area contributed by atoms with Gasteiger partial charge in [-0.3, -0.25) is 4.98 Å². The van der Waals surface area contributed by atoms with Gasteiger partial charge in [0.1, 0.15) is 0 Å². The number of rotatable bonds is 4. The topological polar surface area (TPSA) is 24.9 Å². The highest BCUT2D eigenvalue weighted by Gasteiger charge is 2.18. The molecule has 0 saturated heterocycles. The highest BCUT2D eigenvalue weighted by atomic mass is 35.5. The lowest BCUT2D eigenvalue weighted by atomic mass is 9.89. The Kier molecular flexibility index (Phi) is 4.54. The number of hydrogen-bond donors (Lipinski definition) is 1. The summed E-state index contributed by atoms with van der Waals surface area (Å²) < 4.78 is 0. The largest absolute Gasteiger partial charge is 0.312 e. The smallest absolute Gasteiger partial charge is 0.0746 e. The van der Waals surface area contributed by atoms with Crippen LogP contribution in [0.2, 0.25) is 0 Å². The molecule has 106 valence electrons. The predicted molar refractivity (Wildman–Crippen MR) is 85.0 cm³/mol. The van der Waals surface area contributed by atoms with Crippen LogP contribution in [0.4, 0.5) is 0 Å². The number of hydrogen-bond acceptors (Lipinski definition) is 2. The van der Waals surface area contributed by atoms with Gasteiger partial charge in [0, 0.05) is 23.5 Å². The summed E-state index contributed by atoms with van der Waals surface area (Å²) in [5.41, 5.74) is 2.40. The second kappa shape index (κ2) is 6.55. The van der Waals surface area contributed by atoms with Crippen LogP contribution in [0.5, 0.6) is 0 Å². The predicted octanol–water partition coefficient (Wildman–Crippen LogP) is 4.12. The van der Waals surface area contributed by atoms with Gasteiger partial charge in [-0.2, -0.15) is 0 Å². The van der Waals surface area contributed by atoms with Crippen LogP contribution in [0.3, 0.4) is 0 Å². The van der Waals surface area contributed by atoms with Crippen molar-refractivity contribution in [3.8, 4) is 0 Å². The van der Waals surface area contributed by atoms with E-state index in [0.29, 0.717) is 5.38 Å². The van der Waals surface area contributed by atoms with Crippen molar-refractivity contribution in [2.45, 2.75) is 37.6 Å². The quantitative estimate of drug-likeness (QED) is 0.856. The molecular formula is C17H21ClN2. The van der Waals surface area contributed by atoms with E-state index in [2.05, 4.69) is 34.6 Å². The third-order valence-electron chi connectivity index (χ3n) is 4.24. The van der Waals surface area contributed by atoms with E-state index in [0.717, 1.165) is 24.5 Å². The monoisotopic (exact) mass is 288 g/mol. The second-order valence-corrected chi connectivity index (χ2v) is 6.36. The Labute approximate surface area is 125 Å². The molecule has 1 saturated carbocycles. The maximum Gasteiger partial charge on any atom is 0.0746 e. The zero-order valence-electron chi connectivity index (χ0n) is 11.7. The summed E-state index contributed by atoms with van der Waals surface area (Å²) in [6, 6.07) is 10.5. The molecule has 1 N–H and O–H groups in total. The number of pyridine rings is 1. The van der Waals surface area contributed by atoms with Gasteiger partial charge in [-0.15, -0.1) is 11.6 Å². The molecule has 3 rings (SSSR count). The van der Waals surface area contributed by atoms with E-state index in [1.165, 1.54) is 36.6 Å². The van der Waals surface area contributed by atoms with E-state index in [4.69, 9.17) is 11.6 Å². The Balaban J connectivity index is 1.57. The molecule has 3 heteroatoms. The van der Waals surface area contributed by atoms with Crippen LogP contribution >= 0.6 is 11.6 Å². The fraction of sp³-hybridized carbons (Fsp3) is 0.471. The molecule has 2 aromatic rings. The van der Waals surface area contributed by atoms with Crippen LogP contribution in [0.15, 0.2) is 36.5 Å². The van der Waals surface area contributed by atoms with Crippen molar-refractivity contribution in [2.75, 3.05) is 6.54 Å². The Bertz CT molecular complexity index is 556. The first-order valence-corrected chi connectivity index (χ1v) is 7.94. The van der Waals surface area contributed by atoms with E-state index >= 15 is 0 Å². The Morgan fingerprint density at radius 3 is 2.75 bits per heavy atom. The fourth-order valence-electron chi connectivity index (χ4n) is 3.05. The van der Waals surface area contributed by atoms with Crippen molar-refractivity contribution in [1.29, 1.82) is 0 Å². The Morgan fingerprint density at radius 1 is 1.10 bits per heavy atom. The molecule has 1 aromatic heterocycles. The molecular weight excluding hydrogens is 268 g/mol. The summed E-state index contributed by atoms with van der Waals surface area (Å²) in [6.45, 7) is 1.99. The van der Waals surface area contributed by atoms with Gasteiger partial charge >= 0.3 is 0 Å². The molecule has 1 aromatic carbocycles. The van der Waals surface area contributed by atoms with Crippen molar-refractivity contribution < 1.29 is 0 Å². The lowest BCUT2D eigenvalue weighted by Gasteiger charge is -2.25. The highest BCUT2D eigenvalue weighted by Crippen LogP contribution is 2.27. The number of alkyl halides is 1. The van der Waals surface area contributed by atoms with Gasteiger partial charge in [0.25, 0.3) is 0 Å². The molecule has 0 aliphatic heterocycles. The van der Waals surface area contributed by atoms with Gasteiger partial charge in [0.2, 0.25) is 0 Å². The van der Waals surface area contributed by atoms with E-state index in [-0.39, 0.29) is 0 Å². The molecule has 2 nitrogen and oxygen atoms in total. The molecule has 1 heterocycles. The number of para-hydroxylation sites is 1. The van der Waals surface area contributed by atoms with Crippen LogP contribution in [0, 0.1) is 5.92 Å². The lowest BCUT2D eigenvalue weighted by molar-refractivity contribution is 0.346. The van der Waals surface area contributed by atoms with Crippen molar-refractivity contribution in [1.82, 2.24) is 10.3 Å². The van der Waals surface area contributed by atoms with Gasteiger partial charge in [0.05, 0.1) is 5.52 Å². The number of nitrogens with one attached hydrogen (secondary N) is 1. The van der Waals surface area contributed by atoms with Gasteiger partial charge in [-0.25, -0.2) is 0 Å². The molecule has 0 amide bonds. The van der Waals surface area contributed by atoms with E-state index in [9.17, 15) is 0 Å². The van der Waals surface area contributed by atoms with Crippen LogP contribution < -0.4 is 5.32 Å². The molecule has 0 spiro atoms. The molecule has 20 heavy (non-hydrogen) atoms. The zero-order valence-corrected chi connectivity index (χ0v) is 12.4. The molecule has 1 aliphatic rings. The molecule has 0 radical (unpaired) electrons. The van der Waals surface area contributed by atoms with Crippen molar-refractivity contribution in [3.63, 3.8) is 0 Å². The van der Waals surface area contributed by atoms with Crippen LogP contribution in [-0.2, 0) is 6.54 Å². The fourth-order valence-corrected chi connectivity index (χ4v) is 3.30. The number of halogens is 1. The summed E-state index contributed by atoms with van der Waals surface area (Å²) in [5, 5.41) is 5.22. The van der Waals surface area contributed by atoms with E-state index in [1.54, 1.807) is 0 Å².